The summed E-state index contributed by atoms with van der Waals surface area (Å²) in [5.74, 6) is 0.618. The predicted octanol–water partition coefficient (Wildman–Crippen LogP) is 3.05. The second-order valence-electron chi connectivity index (χ2n) is 4.34. The van der Waals surface area contributed by atoms with Crippen LogP contribution in [0.4, 0.5) is 0 Å². The number of benzene rings is 2. The highest BCUT2D eigenvalue weighted by molar-refractivity contribution is 9.09. The maximum Gasteiger partial charge on any atom is 0.193 e. The lowest BCUT2D eigenvalue weighted by Gasteiger charge is -2.10. The lowest BCUT2D eigenvalue weighted by atomic mass is 10.0. The number of halogens is 1. The van der Waals surface area contributed by atoms with Crippen LogP contribution >= 0.6 is 15.9 Å². The normalized spacial score (nSPS) is 11.9. The molecule has 0 fully saturated rings. The second-order valence-corrected chi connectivity index (χ2v) is 4.99. The van der Waals surface area contributed by atoms with Gasteiger partial charge in [-0.15, -0.1) is 0 Å². The average molecular weight is 335 g/mol. The van der Waals surface area contributed by atoms with Crippen molar-refractivity contribution in [3.8, 4) is 5.75 Å². The zero-order chi connectivity index (χ0) is 14.4. The van der Waals surface area contributed by atoms with E-state index in [0.717, 1.165) is 0 Å². The van der Waals surface area contributed by atoms with Gasteiger partial charge in [-0.2, -0.15) is 0 Å². The molecule has 0 heterocycles. The van der Waals surface area contributed by atoms with Crippen LogP contribution in [0.2, 0.25) is 0 Å². The van der Waals surface area contributed by atoms with E-state index in [4.69, 9.17) is 4.74 Å². The molecule has 0 aliphatic heterocycles. The summed E-state index contributed by atoms with van der Waals surface area (Å²) in [6.45, 7) is 0.219. The standard InChI is InChI=1S/C16H15BrO3/c17-10-14(18)11-20-15-8-6-13(7-9-15)16(19)12-4-2-1-3-5-12/h1-9,14,18H,10-11H2. The minimum absolute atomic E-state index is 0.0161. The van der Waals surface area contributed by atoms with E-state index in [9.17, 15) is 9.90 Å². The van der Waals surface area contributed by atoms with Crippen LogP contribution in [0.15, 0.2) is 54.6 Å². The third-order valence-electron chi connectivity index (χ3n) is 2.77. The lowest BCUT2D eigenvalue weighted by molar-refractivity contribution is 0.103. The topological polar surface area (TPSA) is 46.5 Å². The SMILES string of the molecule is O=C(c1ccccc1)c1ccc(OCC(O)CBr)cc1. The van der Waals surface area contributed by atoms with Crippen LogP contribution in [0.25, 0.3) is 0 Å². The van der Waals surface area contributed by atoms with E-state index in [-0.39, 0.29) is 12.4 Å². The molecule has 20 heavy (non-hydrogen) atoms. The van der Waals surface area contributed by atoms with Crippen LogP contribution in [0, 0.1) is 0 Å². The molecule has 1 N–H and O–H groups in total. The molecule has 2 aromatic rings. The third kappa shape index (κ3) is 3.92. The summed E-state index contributed by atoms with van der Waals surface area (Å²) in [6, 6.07) is 16.1. The summed E-state index contributed by atoms with van der Waals surface area (Å²) in [7, 11) is 0. The summed E-state index contributed by atoms with van der Waals surface area (Å²) in [6.07, 6.45) is -0.541. The molecule has 0 aliphatic rings. The van der Waals surface area contributed by atoms with E-state index in [1.165, 1.54) is 0 Å². The van der Waals surface area contributed by atoms with Crippen LogP contribution in [0.3, 0.4) is 0 Å². The Labute approximate surface area is 126 Å². The predicted molar refractivity (Wildman–Crippen MR) is 81.6 cm³/mol. The number of aliphatic hydroxyl groups is 1. The van der Waals surface area contributed by atoms with Gasteiger partial charge in [-0.25, -0.2) is 0 Å². The van der Waals surface area contributed by atoms with E-state index in [2.05, 4.69) is 15.9 Å². The Morgan fingerprint density at radius 3 is 2.25 bits per heavy atom. The fourth-order valence-electron chi connectivity index (χ4n) is 1.70. The van der Waals surface area contributed by atoms with Gasteiger partial charge in [0.05, 0.1) is 6.10 Å². The number of alkyl halides is 1. The van der Waals surface area contributed by atoms with Crippen molar-refractivity contribution in [3.05, 3.63) is 65.7 Å². The largest absolute Gasteiger partial charge is 0.491 e. The summed E-state index contributed by atoms with van der Waals surface area (Å²) in [5.41, 5.74) is 1.28. The molecule has 3 nitrogen and oxygen atoms in total. The Kier molecular flexibility index (Phi) is 5.32. The van der Waals surface area contributed by atoms with Crippen molar-refractivity contribution in [2.75, 3.05) is 11.9 Å². The summed E-state index contributed by atoms with van der Waals surface area (Å²) in [5, 5.41) is 9.85. The number of rotatable bonds is 6. The molecule has 0 aliphatic carbocycles. The molecule has 0 saturated carbocycles. The third-order valence-corrected chi connectivity index (χ3v) is 3.52. The fraction of sp³-hybridized carbons (Fsp3) is 0.188. The first-order valence-electron chi connectivity index (χ1n) is 6.27. The highest BCUT2D eigenvalue weighted by atomic mass is 79.9. The molecule has 4 heteroatoms. The minimum Gasteiger partial charge on any atom is -0.491 e. The molecule has 0 saturated heterocycles. The van der Waals surface area contributed by atoms with Gasteiger partial charge >= 0.3 is 0 Å². The first-order valence-corrected chi connectivity index (χ1v) is 7.39. The number of hydrogen-bond donors (Lipinski definition) is 1. The average Bonchev–Trinajstić information content (AvgIpc) is 2.53. The van der Waals surface area contributed by atoms with Crippen molar-refractivity contribution >= 4 is 21.7 Å². The maximum absolute atomic E-state index is 12.2. The summed E-state index contributed by atoms with van der Waals surface area (Å²) in [4.78, 5) is 12.2. The zero-order valence-corrected chi connectivity index (χ0v) is 12.4. The Morgan fingerprint density at radius 2 is 1.65 bits per heavy atom. The van der Waals surface area contributed by atoms with E-state index in [1.807, 2.05) is 18.2 Å². The van der Waals surface area contributed by atoms with E-state index in [1.54, 1.807) is 36.4 Å². The van der Waals surface area contributed by atoms with Crippen LogP contribution in [-0.4, -0.2) is 28.9 Å². The minimum atomic E-state index is -0.541. The Hall–Kier alpha value is -1.65. The highest BCUT2D eigenvalue weighted by Gasteiger charge is 2.08. The number of carbonyl (C=O) groups is 1. The van der Waals surface area contributed by atoms with Gasteiger partial charge in [0.15, 0.2) is 5.78 Å². The fourth-order valence-corrected chi connectivity index (χ4v) is 1.88. The van der Waals surface area contributed by atoms with Gasteiger partial charge in [-0.1, -0.05) is 46.3 Å². The van der Waals surface area contributed by atoms with Gasteiger partial charge < -0.3 is 9.84 Å². The molecule has 104 valence electrons. The number of carbonyl (C=O) groups excluding carboxylic acids is 1. The van der Waals surface area contributed by atoms with Crippen LogP contribution < -0.4 is 4.74 Å². The smallest absolute Gasteiger partial charge is 0.193 e. The van der Waals surface area contributed by atoms with Gasteiger partial charge in [0.25, 0.3) is 0 Å². The van der Waals surface area contributed by atoms with Gasteiger partial charge in [0.2, 0.25) is 0 Å². The molecule has 1 unspecified atom stereocenters. The molecule has 2 aromatic carbocycles. The molecule has 0 radical (unpaired) electrons. The van der Waals surface area contributed by atoms with Gasteiger partial charge in [0.1, 0.15) is 12.4 Å². The molecular formula is C16H15BrO3. The number of aliphatic hydroxyl groups excluding tert-OH is 1. The van der Waals surface area contributed by atoms with Gasteiger partial charge in [0, 0.05) is 16.5 Å². The summed E-state index contributed by atoms with van der Waals surface area (Å²) >= 11 is 3.17. The molecule has 0 aromatic heterocycles. The van der Waals surface area contributed by atoms with Gasteiger partial charge in [-0.05, 0) is 24.3 Å². The number of hydrogen-bond acceptors (Lipinski definition) is 3. The first-order chi connectivity index (χ1) is 9.70. The van der Waals surface area contributed by atoms with Crippen LogP contribution in [-0.2, 0) is 0 Å². The van der Waals surface area contributed by atoms with Crippen molar-refractivity contribution in [2.24, 2.45) is 0 Å². The van der Waals surface area contributed by atoms with Crippen molar-refractivity contribution in [3.63, 3.8) is 0 Å². The molecule has 2 rings (SSSR count). The van der Waals surface area contributed by atoms with Crippen molar-refractivity contribution in [2.45, 2.75) is 6.10 Å². The van der Waals surface area contributed by atoms with E-state index >= 15 is 0 Å². The van der Waals surface area contributed by atoms with Crippen molar-refractivity contribution in [1.82, 2.24) is 0 Å². The lowest BCUT2D eigenvalue weighted by Crippen LogP contribution is -2.18. The Morgan fingerprint density at radius 1 is 1.05 bits per heavy atom. The molecule has 0 bridgehead atoms. The molecule has 0 amide bonds. The monoisotopic (exact) mass is 334 g/mol. The Balaban J connectivity index is 2.03. The second kappa shape index (κ2) is 7.22. The van der Waals surface area contributed by atoms with Crippen molar-refractivity contribution in [1.29, 1.82) is 0 Å². The zero-order valence-electron chi connectivity index (χ0n) is 10.8. The maximum atomic E-state index is 12.2. The molecular weight excluding hydrogens is 320 g/mol. The van der Waals surface area contributed by atoms with Gasteiger partial charge in [-0.3, -0.25) is 4.79 Å². The van der Waals surface area contributed by atoms with E-state index < -0.39 is 6.10 Å². The number of ether oxygens (including phenoxy) is 1. The summed E-state index contributed by atoms with van der Waals surface area (Å²) < 4.78 is 5.41. The van der Waals surface area contributed by atoms with Crippen LogP contribution in [0.1, 0.15) is 15.9 Å². The Bertz CT molecular complexity index is 552. The highest BCUT2D eigenvalue weighted by Crippen LogP contribution is 2.15. The van der Waals surface area contributed by atoms with E-state index in [0.29, 0.717) is 22.2 Å². The van der Waals surface area contributed by atoms with Crippen molar-refractivity contribution < 1.29 is 14.6 Å². The molecule has 1 atom stereocenters. The first kappa shape index (κ1) is 14.8. The quantitative estimate of drug-likeness (QED) is 0.652. The van der Waals surface area contributed by atoms with Crippen LogP contribution in [0.5, 0.6) is 5.75 Å². The number of ketones is 1. The molecule has 0 spiro atoms.